The number of benzene rings is 2. The zero-order chi connectivity index (χ0) is 17.9. The van der Waals surface area contributed by atoms with Crippen LogP contribution in [0.15, 0.2) is 60.7 Å². The summed E-state index contributed by atoms with van der Waals surface area (Å²) in [5.41, 5.74) is 8.07. The Hall–Kier alpha value is -1.80. The van der Waals surface area contributed by atoms with E-state index in [1.165, 1.54) is 0 Å². The summed E-state index contributed by atoms with van der Waals surface area (Å²) >= 11 is 0. The van der Waals surface area contributed by atoms with E-state index < -0.39 is 36.9 Å². The van der Waals surface area contributed by atoms with Crippen LogP contribution in [-0.2, 0) is 25.6 Å². The molecule has 2 fully saturated rings. The number of aliphatic hydroxyl groups is 1. The van der Waals surface area contributed by atoms with Gasteiger partial charge in [0, 0.05) is 5.56 Å². The summed E-state index contributed by atoms with van der Waals surface area (Å²) in [6, 6.07) is 18.7. The van der Waals surface area contributed by atoms with Crippen molar-refractivity contribution in [3.63, 3.8) is 0 Å². The van der Waals surface area contributed by atoms with Gasteiger partial charge in [0.25, 0.3) is 0 Å². The van der Waals surface area contributed by atoms with Crippen LogP contribution in [-0.4, -0.2) is 42.4 Å². The van der Waals surface area contributed by atoms with Gasteiger partial charge in [-0.25, -0.2) is 0 Å². The minimum Gasteiger partial charge on any atom is -0.388 e. The Balaban J connectivity index is 1.40. The summed E-state index contributed by atoms with van der Waals surface area (Å²) < 4.78 is 23.4. The lowest BCUT2D eigenvalue weighted by Gasteiger charge is -2.46. The number of rotatable bonds is 4. The third-order valence-corrected chi connectivity index (χ3v) is 4.74. The van der Waals surface area contributed by atoms with Crippen LogP contribution >= 0.6 is 0 Å². The van der Waals surface area contributed by atoms with Crippen LogP contribution in [0.5, 0.6) is 0 Å². The molecule has 2 aliphatic rings. The maximum absolute atomic E-state index is 10.6. The van der Waals surface area contributed by atoms with Crippen LogP contribution in [0.3, 0.4) is 0 Å². The smallest absolute Gasteiger partial charge is 0.184 e. The van der Waals surface area contributed by atoms with E-state index >= 15 is 0 Å². The summed E-state index contributed by atoms with van der Waals surface area (Å²) in [6.45, 7) is 0.664. The highest BCUT2D eigenvalue weighted by molar-refractivity contribution is 5.17. The van der Waals surface area contributed by atoms with Crippen molar-refractivity contribution in [1.29, 1.82) is 0 Å². The van der Waals surface area contributed by atoms with E-state index in [-0.39, 0.29) is 0 Å². The van der Waals surface area contributed by atoms with Crippen LogP contribution < -0.4 is 5.73 Å². The van der Waals surface area contributed by atoms with E-state index in [4.69, 9.17) is 24.7 Å². The second-order valence-corrected chi connectivity index (χ2v) is 6.58. The molecule has 2 aromatic carbocycles. The first-order valence-electron chi connectivity index (χ1n) is 8.79. The first kappa shape index (κ1) is 17.6. The second-order valence-electron chi connectivity index (χ2n) is 6.58. The molecule has 2 aliphatic heterocycles. The average molecular weight is 357 g/mol. The van der Waals surface area contributed by atoms with Crippen LogP contribution in [0.2, 0.25) is 0 Å². The van der Waals surface area contributed by atoms with Gasteiger partial charge < -0.3 is 29.8 Å². The van der Waals surface area contributed by atoms with Gasteiger partial charge in [-0.05, 0) is 5.56 Å². The molecule has 6 heteroatoms. The third-order valence-electron chi connectivity index (χ3n) is 4.74. The molecule has 0 saturated carbocycles. The van der Waals surface area contributed by atoms with E-state index in [1.54, 1.807) is 0 Å². The standard InChI is InChI=1S/C20H23NO5/c21-16-17(22)18-15(12-24-19(26-18)14-9-5-2-6-10-14)25-20(16)23-11-13-7-3-1-4-8-13/h1-10,15-20,22H,11-12,21H2/t15-,16+,17-,18-,19-,20-/m0/s1. The SMILES string of the molecule is N[C@H]1[C@@H](OCc2ccccc2)O[C@H]2CO[C@H](c3ccccc3)O[C@@H]2[C@H]1O. The van der Waals surface area contributed by atoms with Crippen molar-refractivity contribution in [2.75, 3.05) is 6.61 Å². The molecular formula is C20H23NO5. The summed E-state index contributed by atoms with van der Waals surface area (Å²) in [6.07, 6.45) is -3.13. The molecule has 6 nitrogen and oxygen atoms in total. The maximum Gasteiger partial charge on any atom is 0.184 e. The Bertz CT molecular complexity index is 696. The topological polar surface area (TPSA) is 83.2 Å². The van der Waals surface area contributed by atoms with Gasteiger partial charge in [-0.1, -0.05) is 60.7 Å². The Labute approximate surface area is 152 Å². The molecule has 2 heterocycles. The van der Waals surface area contributed by atoms with E-state index in [1.807, 2.05) is 60.7 Å². The fourth-order valence-corrected chi connectivity index (χ4v) is 3.29. The molecular weight excluding hydrogens is 334 g/mol. The number of hydrogen-bond acceptors (Lipinski definition) is 6. The van der Waals surface area contributed by atoms with Gasteiger partial charge in [-0.2, -0.15) is 0 Å². The minimum atomic E-state index is -0.898. The predicted molar refractivity (Wildman–Crippen MR) is 93.9 cm³/mol. The molecule has 2 saturated heterocycles. The maximum atomic E-state index is 10.6. The van der Waals surface area contributed by atoms with Crippen molar-refractivity contribution in [1.82, 2.24) is 0 Å². The van der Waals surface area contributed by atoms with Crippen molar-refractivity contribution >= 4 is 0 Å². The molecule has 3 N–H and O–H groups in total. The zero-order valence-electron chi connectivity index (χ0n) is 14.3. The number of fused-ring (bicyclic) bond motifs is 1. The minimum absolute atomic E-state index is 0.305. The largest absolute Gasteiger partial charge is 0.388 e. The first-order valence-corrected chi connectivity index (χ1v) is 8.79. The Morgan fingerprint density at radius 1 is 1.00 bits per heavy atom. The molecule has 6 atom stereocenters. The highest BCUT2D eigenvalue weighted by Gasteiger charge is 2.48. The molecule has 0 amide bonds. The molecule has 26 heavy (non-hydrogen) atoms. The summed E-state index contributed by atoms with van der Waals surface area (Å²) in [5.74, 6) is 0. The fourth-order valence-electron chi connectivity index (χ4n) is 3.29. The normalized spacial score (nSPS) is 34.2. The van der Waals surface area contributed by atoms with Gasteiger partial charge in [0.15, 0.2) is 12.6 Å². The van der Waals surface area contributed by atoms with E-state index in [0.717, 1.165) is 11.1 Å². The fraction of sp³-hybridized carbons (Fsp3) is 0.400. The summed E-state index contributed by atoms with van der Waals surface area (Å²) in [5, 5.41) is 10.6. The van der Waals surface area contributed by atoms with Crippen LogP contribution in [0.25, 0.3) is 0 Å². The molecule has 0 unspecified atom stereocenters. The highest BCUT2D eigenvalue weighted by atomic mass is 16.7. The van der Waals surface area contributed by atoms with Crippen LogP contribution in [0.4, 0.5) is 0 Å². The van der Waals surface area contributed by atoms with Crippen molar-refractivity contribution in [3.8, 4) is 0 Å². The first-order chi connectivity index (χ1) is 12.7. The second kappa shape index (κ2) is 7.84. The van der Waals surface area contributed by atoms with Gasteiger partial charge in [0.2, 0.25) is 0 Å². The average Bonchev–Trinajstić information content (AvgIpc) is 2.71. The van der Waals surface area contributed by atoms with E-state index in [9.17, 15) is 5.11 Å². The van der Waals surface area contributed by atoms with Crippen LogP contribution in [0.1, 0.15) is 17.4 Å². The van der Waals surface area contributed by atoms with Gasteiger partial charge in [0.1, 0.15) is 18.3 Å². The zero-order valence-corrected chi connectivity index (χ0v) is 14.3. The lowest BCUT2D eigenvalue weighted by molar-refractivity contribution is -0.343. The third kappa shape index (κ3) is 3.66. The van der Waals surface area contributed by atoms with Crippen LogP contribution in [0, 0.1) is 0 Å². The van der Waals surface area contributed by atoms with Gasteiger partial charge in [0.05, 0.1) is 19.3 Å². The summed E-state index contributed by atoms with van der Waals surface area (Å²) in [4.78, 5) is 0. The Morgan fingerprint density at radius 2 is 1.69 bits per heavy atom. The molecule has 0 aliphatic carbocycles. The molecule has 2 aromatic rings. The molecule has 0 radical (unpaired) electrons. The highest BCUT2D eigenvalue weighted by Crippen LogP contribution is 2.33. The molecule has 138 valence electrons. The molecule has 4 rings (SSSR count). The number of nitrogens with two attached hydrogens (primary N) is 1. The van der Waals surface area contributed by atoms with Gasteiger partial charge in [-0.3, -0.25) is 0 Å². The predicted octanol–water partition coefficient (Wildman–Crippen LogP) is 1.73. The van der Waals surface area contributed by atoms with E-state index in [0.29, 0.717) is 13.2 Å². The van der Waals surface area contributed by atoms with Crippen molar-refractivity contribution in [2.45, 2.75) is 43.5 Å². The Morgan fingerprint density at radius 3 is 2.42 bits per heavy atom. The molecule has 0 spiro atoms. The monoisotopic (exact) mass is 357 g/mol. The summed E-state index contributed by atoms with van der Waals surface area (Å²) in [7, 11) is 0. The number of ether oxygens (including phenoxy) is 4. The Kier molecular flexibility index (Phi) is 5.31. The number of aliphatic hydroxyl groups excluding tert-OH is 1. The number of hydrogen-bond donors (Lipinski definition) is 2. The molecule has 0 bridgehead atoms. The molecule has 0 aromatic heterocycles. The lowest BCUT2D eigenvalue weighted by atomic mass is 9.96. The van der Waals surface area contributed by atoms with Gasteiger partial charge >= 0.3 is 0 Å². The van der Waals surface area contributed by atoms with Gasteiger partial charge in [-0.15, -0.1) is 0 Å². The lowest BCUT2D eigenvalue weighted by Crippen LogP contribution is -2.64. The van der Waals surface area contributed by atoms with E-state index in [2.05, 4.69) is 0 Å². The van der Waals surface area contributed by atoms with Crippen molar-refractivity contribution in [2.24, 2.45) is 5.73 Å². The quantitative estimate of drug-likeness (QED) is 0.867. The van der Waals surface area contributed by atoms with Crippen molar-refractivity contribution in [3.05, 3.63) is 71.8 Å². The van der Waals surface area contributed by atoms with Crippen molar-refractivity contribution < 1.29 is 24.1 Å².